The van der Waals surface area contributed by atoms with Crippen molar-refractivity contribution >= 4 is 34.3 Å². The monoisotopic (exact) mass is 489 g/mol. The minimum Gasteiger partial charge on any atom is -0.369 e. The van der Waals surface area contributed by atoms with Crippen molar-refractivity contribution in [2.24, 2.45) is 0 Å². The molecule has 0 radical (unpaired) electrons. The SMILES string of the molecule is CC(=O)c1c(C)c2cnc(Nc3ccc(N4CC5CNCC(C4)O5)cn3)nc2n(C2CCCC2)c1=O. The van der Waals surface area contributed by atoms with Crippen LogP contribution in [0.4, 0.5) is 17.5 Å². The summed E-state index contributed by atoms with van der Waals surface area (Å²) in [7, 11) is 0. The third-order valence-corrected chi connectivity index (χ3v) is 7.58. The molecule has 0 spiro atoms. The largest absolute Gasteiger partial charge is 0.369 e. The molecule has 3 aromatic rings. The summed E-state index contributed by atoms with van der Waals surface area (Å²) in [6.45, 7) is 6.67. The lowest BCUT2D eigenvalue weighted by atomic mass is 10.0. The maximum Gasteiger partial charge on any atom is 0.263 e. The lowest BCUT2D eigenvalue weighted by molar-refractivity contribution is -0.0484. The molecule has 2 N–H and O–H groups in total. The number of aromatic nitrogens is 4. The Morgan fingerprint density at radius 2 is 1.86 bits per heavy atom. The number of ether oxygens (including phenoxy) is 1. The molecule has 6 rings (SSSR count). The molecule has 2 saturated heterocycles. The van der Waals surface area contributed by atoms with Crippen LogP contribution in [0.2, 0.25) is 0 Å². The van der Waals surface area contributed by atoms with Gasteiger partial charge in [0.05, 0.1) is 29.7 Å². The number of ketones is 1. The molecule has 0 amide bonds. The van der Waals surface area contributed by atoms with E-state index in [2.05, 4.69) is 25.5 Å². The van der Waals surface area contributed by atoms with E-state index in [9.17, 15) is 9.59 Å². The average Bonchev–Trinajstić information content (AvgIpc) is 3.38. The van der Waals surface area contributed by atoms with Gasteiger partial charge in [0.1, 0.15) is 11.5 Å². The molecule has 188 valence electrons. The van der Waals surface area contributed by atoms with Crippen molar-refractivity contribution in [2.75, 3.05) is 36.4 Å². The van der Waals surface area contributed by atoms with Gasteiger partial charge < -0.3 is 20.3 Å². The molecule has 10 heteroatoms. The highest BCUT2D eigenvalue weighted by atomic mass is 16.5. The minimum absolute atomic E-state index is 0.0436. The van der Waals surface area contributed by atoms with Crippen LogP contribution < -0.4 is 21.1 Å². The summed E-state index contributed by atoms with van der Waals surface area (Å²) < 4.78 is 7.72. The van der Waals surface area contributed by atoms with Crippen LogP contribution in [0.25, 0.3) is 11.0 Å². The smallest absolute Gasteiger partial charge is 0.263 e. The second-order valence-electron chi connectivity index (χ2n) is 10.1. The van der Waals surface area contributed by atoms with Gasteiger partial charge in [0.25, 0.3) is 5.56 Å². The van der Waals surface area contributed by atoms with Crippen molar-refractivity contribution in [3.8, 4) is 0 Å². The number of hydrogen-bond acceptors (Lipinski definition) is 9. The number of anilines is 3. The molecule has 3 fully saturated rings. The number of aryl methyl sites for hydroxylation is 1. The maximum absolute atomic E-state index is 13.4. The second kappa shape index (κ2) is 9.25. The predicted octanol–water partition coefficient (Wildman–Crippen LogP) is 2.73. The Bertz CT molecular complexity index is 1350. The van der Waals surface area contributed by atoms with E-state index in [1.807, 2.05) is 18.3 Å². The first-order valence-electron chi connectivity index (χ1n) is 12.7. The van der Waals surface area contributed by atoms with Gasteiger partial charge in [-0.25, -0.2) is 9.97 Å². The molecule has 3 aromatic heterocycles. The molecular formula is C26H31N7O3. The Balaban J connectivity index is 1.30. The van der Waals surface area contributed by atoms with Crippen LogP contribution >= 0.6 is 0 Å². The summed E-state index contributed by atoms with van der Waals surface area (Å²) in [4.78, 5) is 41.9. The first kappa shape index (κ1) is 23.1. The van der Waals surface area contributed by atoms with Gasteiger partial charge >= 0.3 is 0 Å². The van der Waals surface area contributed by atoms with Crippen molar-refractivity contribution in [3.63, 3.8) is 0 Å². The summed E-state index contributed by atoms with van der Waals surface area (Å²) >= 11 is 0. The molecule has 3 aliphatic rings. The van der Waals surface area contributed by atoms with Crippen LogP contribution in [0.1, 0.15) is 54.6 Å². The third-order valence-electron chi connectivity index (χ3n) is 7.58. The van der Waals surface area contributed by atoms with Crippen molar-refractivity contribution in [1.29, 1.82) is 0 Å². The lowest BCUT2D eigenvalue weighted by Gasteiger charge is -2.42. The summed E-state index contributed by atoms with van der Waals surface area (Å²) in [5.41, 5.74) is 2.24. The number of Topliss-reactive ketones (excluding diaryl/α,β-unsaturated/α-hetero) is 1. The Morgan fingerprint density at radius 3 is 2.53 bits per heavy atom. The molecule has 1 saturated carbocycles. The standard InChI is InChI=1S/C26H31N7O3/c1-15-21-12-29-26(31-24(21)33(17-5-3-4-6-17)25(35)23(15)16(2)34)30-22-8-7-18(9-28-22)32-13-19-10-27-11-20(14-32)36-19/h7-9,12,17,19-20,27H,3-6,10-11,13-14H2,1-2H3,(H,28,29,30,31). The van der Waals surface area contributed by atoms with Gasteiger partial charge in [0.15, 0.2) is 5.78 Å². The van der Waals surface area contributed by atoms with Crippen LogP contribution in [0.15, 0.2) is 29.3 Å². The molecule has 2 bridgehead atoms. The fourth-order valence-electron chi connectivity index (χ4n) is 5.84. The highest BCUT2D eigenvalue weighted by molar-refractivity contribution is 5.99. The number of rotatable bonds is 5. The van der Waals surface area contributed by atoms with E-state index >= 15 is 0 Å². The zero-order chi connectivity index (χ0) is 24.8. The van der Waals surface area contributed by atoms with E-state index in [0.717, 1.165) is 62.9 Å². The molecule has 2 aliphatic heterocycles. The zero-order valence-electron chi connectivity index (χ0n) is 20.7. The summed E-state index contributed by atoms with van der Waals surface area (Å²) in [6, 6.07) is 4.01. The highest BCUT2D eigenvalue weighted by Gasteiger charge is 2.31. The van der Waals surface area contributed by atoms with Crippen LogP contribution in [-0.2, 0) is 4.74 Å². The Labute approximate surface area is 209 Å². The van der Waals surface area contributed by atoms with Gasteiger partial charge in [0, 0.05) is 43.8 Å². The molecule has 2 atom stereocenters. The van der Waals surface area contributed by atoms with Crippen LogP contribution in [0, 0.1) is 6.92 Å². The Kier molecular flexibility index (Phi) is 5.93. The van der Waals surface area contributed by atoms with Gasteiger partial charge in [-0.05, 0) is 44.4 Å². The normalized spacial score (nSPS) is 22.2. The molecule has 1 aliphatic carbocycles. The van der Waals surface area contributed by atoms with Crippen LogP contribution in [-0.4, -0.2) is 63.7 Å². The van der Waals surface area contributed by atoms with Crippen molar-refractivity contribution in [3.05, 3.63) is 46.0 Å². The van der Waals surface area contributed by atoms with E-state index < -0.39 is 0 Å². The molecule has 0 aromatic carbocycles. The van der Waals surface area contributed by atoms with Crippen LogP contribution in [0.3, 0.4) is 0 Å². The second-order valence-corrected chi connectivity index (χ2v) is 10.1. The van der Waals surface area contributed by atoms with Crippen LogP contribution in [0.5, 0.6) is 0 Å². The molecular weight excluding hydrogens is 458 g/mol. The van der Waals surface area contributed by atoms with Crippen molar-refractivity contribution in [1.82, 2.24) is 24.8 Å². The number of fused-ring (bicyclic) bond motifs is 3. The van der Waals surface area contributed by atoms with Crippen molar-refractivity contribution < 1.29 is 9.53 Å². The minimum atomic E-state index is -0.253. The molecule has 2 unspecified atom stereocenters. The number of carbonyl (C=O) groups excluding carboxylic acids is 1. The first-order chi connectivity index (χ1) is 17.5. The number of carbonyl (C=O) groups is 1. The predicted molar refractivity (Wildman–Crippen MR) is 137 cm³/mol. The quantitative estimate of drug-likeness (QED) is 0.522. The molecule has 10 nitrogen and oxygen atoms in total. The number of nitrogens with zero attached hydrogens (tertiary/aromatic N) is 5. The maximum atomic E-state index is 13.4. The number of morpholine rings is 2. The Hall–Kier alpha value is -3.37. The highest BCUT2D eigenvalue weighted by Crippen LogP contribution is 2.32. The first-order valence-corrected chi connectivity index (χ1v) is 12.7. The van der Waals surface area contributed by atoms with E-state index in [4.69, 9.17) is 9.72 Å². The van der Waals surface area contributed by atoms with E-state index in [1.165, 1.54) is 6.92 Å². The van der Waals surface area contributed by atoms with E-state index in [-0.39, 0.29) is 35.2 Å². The lowest BCUT2D eigenvalue weighted by Crippen LogP contribution is -2.58. The zero-order valence-corrected chi connectivity index (χ0v) is 20.7. The average molecular weight is 490 g/mol. The summed E-state index contributed by atoms with van der Waals surface area (Å²) in [5.74, 6) is 0.772. The van der Waals surface area contributed by atoms with E-state index in [1.54, 1.807) is 17.7 Å². The number of nitrogens with one attached hydrogen (secondary N) is 2. The van der Waals surface area contributed by atoms with Gasteiger partial charge in [-0.1, -0.05) is 12.8 Å². The number of hydrogen-bond donors (Lipinski definition) is 2. The summed E-state index contributed by atoms with van der Waals surface area (Å²) in [5, 5.41) is 7.34. The Morgan fingerprint density at radius 1 is 1.11 bits per heavy atom. The fraction of sp³-hybridized carbons (Fsp3) is 0.500. The van der Waals surface area contributed by atoms with Crippen molar-refractivity contribution in [2.45, 2.75) is 57.8 Å². The van der Waals surface area contributed by atoms with E-state index in [0.29, 0.717) is 23.0 Å². The van der Waals surface area contributed by atoms with Gasteiger partial charge in [-0.15, -0.1) is 0 Å². The fourth-order valence-corrected chi connectivity index (χ4v) is 5.84. The van der Waals surface area contributed by atoms with Gasteiger partial charge in [0.2, 0.25) is 5.95 Å². The van der Waals surface area contributed by atoms with Gasteiger partial charge in [-0.2, -0.15) is 4.98 Å². The topological polar surface area (TPSA) is 114 Å². The summed E-state index contributed by atoms with van der Waals surface area (Å²) in [6.07, 6.45) is 7.90. The van der Waals surface area contributed by atoms with Gasteiger partial charge in [-0.3, -0.25) is 14.2 Å². The number of pyridine rings is 2. The third kappa shape index (κ3) is 4.14. The molecule has 5 heterocycles. The molecule has 36 heavy (non-hydrogen) atoms.